The van der Waals surface area contributed by atoms with E-state index >= 15 is 0 Å². The molecule has 0 aliphatic carbocycles. The molecule has 9 nitrogen and oxygen atoms in total. The fourth-order valence-corrected chi connectivity index (χ4v) is 6.50. The first kappa shape index (κ1) is 23.4. The van der Waals surface area contributed by atoms with Crippen molar-refractivity contribution in [1.82, 2.24) is 19.0 Å². The fraction of sp³-hybridized carbons (Fsp3) is 0.522. The molecule has 10 heteroatoms. The van der Waals surface area contributed by atoms with Crippen molar-refractivity contribution in [3.63, 3.8) is 0 Å². The topological polar surface area (TPSA) is 95.8 Å². The number of nitrogens with zero attached hydrogens (tertiary/aromatic N) is 5. The lowest BCUT2D eigenvalue weighted by Gasteiger charge is -2.35. The van der Waals surface area contributed by atoms with Gasteiger partial charge in [0.25, 0.3) is 0 Å². The van der Waals surface area contributed by atoms with Crippen LogP contribution >= 0.6 is 0 Å². The summed E-state index contributed by atoms with van der Waals surface area (Å²) in [6.45, 7) is 8.89. The third-order valence-corrected chi connectivity index (χ3v) is 9.02. The smallest absolute Gasteiger partial charge is 0.246 e. The molecule has 0 N–H and O–H groups in total. The van der Waals surface area contributed by atoms with Gasteiger partial charge < -0.3 is 9.80 Å². The second kappa shape index (κ2) is 8.57. The lowest BCUT2D eigenvalue weighted by Crippen LogP contribution is -2.52. The van der Waals surface area contributed by atoms with Gasteiger partial charge in [0.2, 0.25) is 21.8 Å². The SMILES string of the molecule is Cc1ccc(N2C[C@H](C(=O)N3CCN(S(=O)(=O)c4c(C)nn(C)c4C)CC3)CC2=O)cc1C. The minimum atomic E-state index is -3.68. The minimum Gasteiger partial charge on any atom is -0.340 e. The van der Waals surface area contributed by atoms with E-state index in [1.165, 1.54) is 4.31 Å². The van der Waals surface area contributed by atoms with Crippen LogP contribution in [-0.2, 0) is 26.7 Å². The zero-order chi connectivity index (χ0) is 24.1. The van der Waals surface area contributed by atoms with Crippen molar-refractivity contribution in [2.24, 2.45) is 13.0 Å². The number of amides is 2. The molecule has 1 atom stereocenters. The molecule has 3 heterocycles. The average Bonchev–Trinajstić information content (AvgIpc) is 3.28. The Hall–Kier alpha value is -2.72. The molecule has 33 heavy (non-hydrogen) atoms. The summed E-state index contributed by atoms with van der Waals surface area (Å²) in [5, 5.41) is 4.23. The molecule has 0 spiro atoms. The molecule has 1 aromatic carbocycles. The van der Waals surface area contributed by atoms with Crippen LogP contribution < -0.4 is 4.90 Å². The van der Waals surface area contributed by atoms with Gasteiger partial charge in [0.05, 0.1) is 17.3 Å². The first-order chi connectivity index (χ1) is 15.5. The molecule has 0 unspecified atom stereocenters. The Kier molecular flexibility index (Phi) is 6.09. The number of aryl methyl sites for hydroxylation is 4. The van der Waals surface area contributed by atoms with Crippen molar-refractivity contribution in [2.45, 2.75) is 39.0 Å². The molecular formula is C23H31N5O4S. The van der Waals surface area contributed by atoms with Crippen LogP contribution in [0, 0.1) is 33.6 Å². The van der Waals surface area contributed by atoms with Gasteiger partial charge in [-0.25, -0.2) is 8.42 Å². The van der Waals surface area contributed by atoms with Gasteiger partial charge in [0.1, 0.15) is 4.90 Å². The normalized spacial score (nSPS) is 20.0. The van der Waals surface area contributed by atoms with Crippen molar-refractivity contribution in [3.05, 3.63) is 40.7 Å². The first-order valence-electron chi connectivity index (χ1n) is 11.2. The molecular weight excluding hydrogens is 442 g/mol. The zero-order valence-corrected chi connectivity index (χ0v) is 20.6. The van der Waals surface area contributed by atoms with Gasteiger partial charge in [-0.15, -0.1) is 0 Å². The number of anilines is 1. The highest BCUT2D eigenvalue weighted by Gasteiger charge is 2.39. The lowest BCUT2D eigenvalue weighted by atomic mass is 10.1. The Morgan fingerprint density at radius 1 is 1.03 bits per heavy atom. The van der Waals surface area contributed by atoms with Gasteiger partial charge in [-0.05, 0) is 51.0 Å². The minimum absolute atomic E-state index is 0.0552. The predicted molar refractivity (Wildman–Crippen MR) is 124 cm³/mol. The molecule has 2 amide bonds. The molecule has 0 saturated carbocycles. The Labute approximate surface area is 195 Å². The number of sulfonamides is 1. The maximum atomic E-state index is 13.2. The van der Waals surface area contributed by atoms with Crippen molar-refractivity contribution in [1.29, 1.82) is 0 Å². The molecule has 2 aliphatic heterocycles. The van der Waals surface area contributed by atoms with E-state index in [0.717, 1.165) is 16.8 Å². The van der Waals surface area contributed by atoms with E-state index < -0.39 is 15.9 Å². The number of carbonyl (C=O) groups excluding carboxylic acids is 2. The average molecular weight is 474 g/mol. The number of benzene rings is 1. The number of hydrogen-bond acceptors (Lipinski definition) is 5. The van der Waals surface area contributed by atoms with Crippen molar-refractivity contribution in [2.75, 3.05) is 37.6 Å². The third-order valence-electron chi connectivity index (χ3n) is 6.87. The number of carbonyl (C=O) groups is 2. The van der Waals surface area contributed by atoms with Gasteiger partial charge in [-0.3, -0.25) is 14.3 Å². The van der Waals surface area contributed by atoms with Gasteiger partial charge >= 0.3 is 0 Å². The van der Waals surface area contributed by atoms with E-state index in [0.29, 0.717) is 31.0 Å². The van der Waals surface area contributed by atoms with E-state index in [2.05, 4.69) is 5.10 Å². The summed E-state index contributed by atoms with van der Waals surface area (Å²) in [6, 6.07) is 5.88. The summed E-state index contributed by atoms with van der Waals surface area (Å²) in [5.41, 5.74) is 4.15. The van der Waals surface area contributed by atoms with Crippen LogP contribution in [0.15, 0.2) is 23.1 Å². The fourth-order valence-electron chi connectivity index (χ4n) is 4.68. The van der Waals surface area contributed by atoms with Gasteiger partial charge in [0.15, 0.2) is 0 Å². The number of piperazine rings is 1. The van der Waals surface area contributed by atoms with Crippen LogP contribution in [0.5, 0.6) is 0 Å². The number of hydrogen-bond donors (Lipinski definition) is 0. The van der Waals surface area contributed by atoms with Crippen molar-refractivity contribution < 1.29 is 18.0 Å². The van der Waals surface area contributed by atoms with E-state index in [1.54, 1.807) is 35.4 Å². The number of rotatable bonds is 4. The largest absolute Gasteiger partial charge is 0.340 e. The summed E-state index contributed by atoms with van der Waals surface area (Å²) in [4.78, 5) is 29.4. The molecule has 2 saturated heterocycles. The molecule has 0 bridgehead atoms. The highest BCUT2D eigenvalue weighted by Crippen LogP contribution is 2.29. The molecule has 4 rings (SSSR count). The standard InChI is InChI=1S/C23H31N5O4S/c1-15-6-7-20(12-16(15)2)28-14-19(13-21(28)29)23(30)26-8-10-27(11-9-26)33(31,32)22-17(3)24-25(5)18(22)4/h6-7,12,19H,8-11,13-14H2,1-5H3/t19-/m1/s1. The second-order valence-electron chi connectivity index (χ2n) is 9.03. The van der Waals surface area contributed by atoms with Gasteiger partial charge in [-0.2, -0.15) is 9.40 Å². The Balaban J connectivity index is 1.41. The van der Waals surface area contributed by atoms with Crippen LogP contribution in [0.2, 0.25) is 0 Å². The Morgan fingerprint density at radius 2 is 1.70 bits per heavy atom. The lowest BCUT2D eigenvalue weighted by molar-refractivity contribution is -0.136. The molecule has 178 valence electrons. The maximum Gasteiger partial charge on any atom is 0.246 e. The van der Waals surface area contributed by atoms with E-state index in [9.17, 15) is 18.0 Å². The highest BCUT2D eigenvalue weighted by atomic mass is 32.2. The summed E-state index contributed by atoms with van der Waals surface area (Å²) in [6.07, 6.45) is 0.179. The highest BCUT2D eigenvalue weighted by molar-refractivity contribution is 7.89. The Morgan fingerprint density at radius 3 is 2.27 bits per heavy atom. The van der Waals surface area contributed by atoms with Gasteiger partial charge in [0, 0.05) is 51.9 Å². The monoisotopic (exact) mass is 473 g/mol. The predicted octanol–water partition coefficient (Wildman–Crippen LogP) is 1.54. The summed E-state index contributed by atoms with van der Waals surface area (Å²) < 4.78 is 29.4. The molecule has 1 aromatic heterocycles. The first-order valence-corrected chi connectivity index (χ1v) is 12.6. The van der Waals surface area contributed by atoms with Crippen LogP contribution in [0.25, 0.3) is 0 Å². The quantitative estimate of drug-likeness (QED) is 0.671. The molecule has 0 radical (unpaired) electrons. The van der Waals surface area contributed by atoms with Crippen LogP contribution in [-0.4, -0.2) is 71.9 Å². The van der Waals surface area contributed by atoms with Crippen LogP contribution in [0.1, 0.15) is 28.9 Å². The van der Waals surface area contributed by atoms with E-state index in [1.807, 2.05) is 32.0 Å². The summed E-state index contributed by atoms with van der Waals surface area (Å²) in [7, 11) is -1.96. The van der Waals surface area contributed by atoms with Crippen molar-refractivity contribution >= 4 is 27.5 Å². The Bertz CT molecular complexity index is 1210. The number of aromatic nitrogens is 2. The summed E-state index contributed by atoms with van der Waals surface area (Å²) >= 11 is 0. The second-order valence-corrected chi connectivity index (χ2v) is 10.9. The summed E-state index contributed by atoms with van der Waals surface area (Å²) in [5.74, 6) is -0.550. The molecule has 2 aliphatic rings. The van der Waals surface area contributed by atoms with Crippen LogP contribution in [0.3, 0.4) is 0 Å². The van der Waals surface area contributed by atoms with Gasteiger partial charge in [-0.1, -0.05) is 6.07 Å². The zero-order valence-electron chi connectivity index (χ0n) is 19.8. The van der Waals surface area contributed by atoms with E-state index in [4.69, 9.17) is 0 Å². The maximum absolute atomic E-state index is 13.2. The van der Waals surface area contributed by atoms with Crippen LogP contribution in [0.4, 0.5) is 5.69 Å². The van der Waals surface area contributed by atoms with E-state index in [-0.39, 0.29) is 36.2 Å². The molecule has 2 aromatic rings. The molecule has 2 fully saturated rings. The van der Waals surface area contributed by atoms with Crippen molar-refractivity contribution in [3.8, 4) is 0 Å². The third kappa shape index (κ3) is 4.17.